The molecule has 2 rings (SSSR count). The second kappa shape index (κ2) is 9.30. The van der Waals surface area contributed by atoms with Crippen molar-refractivity contribution in [2.24, 2.45) is 4.99 Å². The number of nitrogens with one attached hydrogen (secondary N) is 1. The Labute approximate surface area is 157 Å². The van der Waals surface area contributed by atoms with Gasteiger partial charge in [0, 0.05) is 36.3 Å². The summed E-state index contributed by atoms with van der Waals surface area (Å²) >= 11 is 9.58. The van der Waals surface area contributed by atoms with Gasteiger partial charge in [0.1, 0.15) is 0 Å². The first-order valence-corrected chi connectivity index (χ1v) is 10.2. The number of hydrogen-bond donors (Lipinski definition) is 1. The van der Waals surface area contributed by atoms with Gasteiger partial charge in [-0.1, -0.05) is 23.7 Å². The van der Waals surface area contributed by atoms with Crippen molar-refractivity contribution in [2.45, 2.75) is 18.7 Å². The molecule has 0 spiro atoms. The van der Waals surface area contributed by atoms with Crippen LogP contribution in [0.3, 0.4) is 0 Å². The van der Waals surface area contributed by atoms with E-state index in [0.29, 0.717) is 5.25 Å². The van der Waals surface area contributed by atoms with E-state index >= 15 is 0 Å². The third kappa shape index (κ3) is 5.40. The molecular formula is C17H23ClN4S2. The number of benzene rings is 1. The predicted octanol–water partition coefficient (Wildman–Crippen LogP) is 4.22. The molecule has 1 aromatic carbocycles. The van der Waals surface area contributed by atoms with Crippen LogP contribution in [0.15, 0.2) is 34.6 Å². The molecule has 1 N–H and O–H groups in total. The predicted molar refractivity (Wildman–Crippen MR) is 107 cm³/mol. The molecule has 0 saturated carbocycles. The average Bonchev–Trinajstić information content (AvgIpc) is 2.96. The van der Waals surface area contributed by atoms with Crippen LogP contribution in [-0.4, -0.2) is 42.7 Å². The molecule has 0 radical (unpaired) electrons. The molecular weight excluding hydrogens is 360 g/mol. The second-order valence-corrected chi connectivity index (χ2v) is 7.96. The second-order valence-electron chi connectivity index (χ2n) is 5.42. The molecule has 0 aliphatic rings. The van der Waals surface area contributed by atoms with E-state index in [1.807, 2.05) is 32.2 Å². The molecule has 4 nitrogen and oxygen atoms in total. The summed E-state index contributed by atoms with van der Waals surface area (Å²) in [6.45, 7) is 3.55. The molecule has 0 bridgehead atoms. The van der Waals surface area contributed by atoms with Gasteiger partial charge in [-0.05, 0) is 30.9 Å². The van der Waals surface area contributed by atoms with Crippen LogP contribution < -0.4 is 5.32 Å². The third-order valence-electron chi connectivity index (χ3n) is 3.59. The first-order chi connectivity index (χ1) is 11.5. The quantitative estimate of drug-likeness (QED) is 0.600. The van der Waals surface area contributed by atoms with Crippen molar-refractivity contribution in [1.82, 2.24) is 15.2 Å². The Morgan fingerprint density at radius 2 is 2.29 bits per heavy atom. The summed E-state index contributed by atoms with van der Waals surface area (Å²) in [6.07, 6.45) is 2.11. The fourth-order valence-corrected chi connectivity index (χ4v) is 3.88. The van der Waals surface area contributed by atoms with Crippen molar-refractivity contribution < 1.29 is 0 Å². The first-order valence-electron chi connectivity index (χ1n) is 7.64. The topological polar surface area (TPSA) is 40.5 Å². The van der Waals surface area contributed by atoms with E-state index in [9.17, 15) is 0 Å². The molecule has 0 amide bonds. The molecule has 2 aromatic rings. The van der Waals surface area contributed by atoms with Gasteiger partial charge in [0.15, 0.2) is 5.96 Å². The molecule has 1 atom stereocenters. The Balaban J connectivity index is 1.96. The minimum absolute atomic E-state index is 0.315. The van der Waals surface area contributed by atoms with Gasteiger partial charge in [0.25, 0.3) is 0 Å². The van der Waals surface area contributed by atoms with E-state index in [1.54, 1.807) is 30.1 Å². The number of hydrogen-bond acceptors (Lipinski definition) is 4. The third-order valence-corrected chi connectivity index (χ3v) is 5.65. The van der Waals surface area contributed by atoms with E-state index in [-0.39, 0.29) is 0 Å². The van der Waals surface area contributed by atoms with Crippen LogP contribution in [0.5, 0.6) is 0 Å². The maximum atomic E-state index is 6.11. The number of rotatable bonds is 6. The van der Waals surface area contributed by atoms with Crippen LogP contribution in [0.2, 0.25) is 5.02 Å². The summed E-state index contributed by atoms with van der Waals surface area (Å²) in [5.74, 6) is 0.863. The van der Waals surface area contributed by atoms with E-state index in [0.717, 1.165) is 34.8 Å². The monoisotopic (exact) mass is 382 g/mol. The average molecular weight is 383 g/mol. The minimum atomic E-state index is 0.315. The highest BCUT2D eigenvalue weighted by atomic mass is 35.5. The molecule has 0 saturated heterocycles. The summed E-state index contributed by atoms with van der Waals surface area (Å²) in [4.78, 5) is 11.0. The maximum Gasteiger partial charge on any atom is 0.193 e. The molecule has 7 heteroatoms. The highest BCUT2D eigenvalue weighted by Crippen LogP contribution is 2.27. The van der Waals surface area contributed by atoms with Crippen molar-refractivity contribution in [1.29, 1.82) is 0 Å². The van der Waals surface area contributed by atoms with Crippen LogP contribution in [0.4, 0.5) is 0 Å². The van der Waals surface area contributed by atoms with Gasteiger partial charge in [-0.2, -0.15) is 11.8 Å². The minimum Gasteiger partial charge on any atom is -0.355 e. The molecule has 24 heavy (non-hydrogen) atoms. The van der Waals surface area contributed by atoms with Crippen molar-refractivity contribution in [3.8, 4) is 0 Å². The van der Waals surface area contributed by atoms with Crippen LogP contribution in [-0.2, 0) is 6.54 Å². The summed E-state index contributed by atoms with van der Waals surface area (Å²) in [5, 5.41) is 7.72. The SMILES string of the molecule is CN=C(NCC(SC)c1cccc(Cl)c1)N(C)Cc1csc(C)n1. The highest BCUT2D eigenvalue weighted by molar-refractivity contribution is 7.98. The standard InChI is InChI=1S/C17H23ClN4S2/c1-12-21-15(11-24-12)10-22(3)17(19-2)20-9-16(23-4)13-6-5-7-14(18)8-13/h5-8,11,16H,9-10H2,1-4H3,(H,19,20). The van der Waals surface area contributed by atoms with Gasteiger partial charge in [-0.3, -0.25) is 4.99 Å². The van der Waals surface area contributed by atoms with Gasteiger partial charge in [-0.25, -0.2) is 4.98 Å². The summed E-state index contributed by atoms with van der Waals surface area (Å²) in [6, 6.07) is 8.03. The van der Waals surface area contributed by atoms with Crippen LogP contribution in [0, 0.1) is 6.92 Å². The Bertz CT molecular complexity index is 687. The largest absolute Gasteiger partial charge is 0.355 e. The number of guanidine groups is 1. The van der Waals surface area contributed by atoms with Crippen molar-refractivity contribution in [2.75, 3.05) is 26.9 Å². The number of thioether (sulfide) groups is 1. The zero-order chi connectivity index (χ0) is 17.5. The number of thiazole rings is 1. The summed E-state index contributed by atoms with van der Waals surface area (Å²) in [5.41, 5.74) is 2.29. The Hall–Kier alpha value is -1.24. The van der Waals surface area contributed by atoms with Gasteiger partial charge in [-0.15, -0.1) is 11.3 Å². The van der Waals surface area contributed by atoms with Crippen molar-refractivity contribution >= 4 is 40.7 Å². The van der Waals surface area contributed by atoms with Gasteiger partial charge >= 0.3 is 0 Å². The van der Waals surface area contributed by atoms with Crippen molar-refractivity contribution in [3.63, 3.8) is 0 Å². The molecule has 0 aliphatic carbocycles. The van der Waals surface area contributed by atoms with E-state index in [1.165, 1.54) is 5.56 Å². The maximum absolute atomic E-state index is 6.11. The van der Waals surface area contributed by atoms with Crippen LogP contribution >= 0.6 is 34.7 Å². The fourth-order valence-electron chi connectivity index (χ4n) is 2.41. The number of aryl methyl sites for hydroxylation is 1. The summed E-state index contributed by atoms with van der Waals surface area (Å²) in [7, 11) is 3.83. The van der Waals surface area contributed by atoms with Gasteiger partial charge in [0.05, 0.1) is 17.2 Å². The Morgan fingerprint density at radius 1 is 1.50 bits per heavy atom. The van der Waals surface area contributed by atoms with Gasteiger partial charge in [0.2, 0.25) is 0 Å². The van der Waals surface area contributed by atoms with Crippen molar-refractivity contribution in [3.05, 3.63) is 50.9 Å². The fraction of sp³-hybridized carbons (Fsp3) is 0.412. The van der Waals surface area contributed by atoms with Gasteiger partial charge < -0.3 is 10.2 Å². The normalized spacial score (nSPS) is 13.0. The van der Waals surface area contributed by atoms with E-state index < -0.39 is 0 Å². The first kappa shape index (κ1) is 19.1. The Morgan fingerprint density at radius 3 is 2.88 bits per heavy atom. The number of aliphatic imine (C=N–C) groups is 1. The lowest BCUT2D eigenvalue weighted by atomic mass is 10.1. The molecule has 1 heterocycles. The molecule has 1 aromatic heterocycles. The Kier molecular flexibility index (Phi) is 7.40. The molecule has 1 unspecified atom stereocenters. The number of aromatic nitrogens is 1. The van der Waals surface area contributed by atoms with Crippen LogP contribution in [0.25, 0.3) is 0 Å². The lowest BCUT2D eigenvalue weighted by Crippen LogP contribution is -2.40. The lowest BCUT2D eigenvalue weighted by Gasteiger charge is -2.24. The lowest BCUT2D eigenvalue weighted by molar-refractivity contribution is 0.471. The highest BCUT2D eigenvalue weighted by Gasteiger charge is 2.14. The van der Waals surface area contributed by atoms with E-state index in [2.05, 4.69) is 37.9 Å². The van der Waals surface area contributed by atoms with Crippen LogP contribution in [0.1, 0.15) is 21.5 Å². The van der Waals surface area contributed by atoms with E-state index in [4.69, 9.17) is 11.6 Å². The molecule has 130 valence electrons. The number of halogens is 1. The zero-order valence-corrected chi connectivity index (χ0v) is 16.8. The molecule has 0 aliphatic heterocycles. The zero-order valence-electron chi connectivity index (χ0n) is 14.4. The smallest absolute Gasteiger partial charge is 0.193 e. The summed E-state index contributed by atoms with van der Waals surface area (Å²) < 4.78 is 0. The number of nitrogens with zero attached hydrogens (tertiary/aromatic N) is 3. The molecule has 0 fully saturated rings.